The van der Waals surface area contributed by atoms with Crippen LogP contribution in [0.4, 0.5) is 0 Å². The number of amides is 2. The Hall–Kier alpha value is -4.29. The molecule has 1 atom stereocenters. The summed E-state index contributed by atoms with van der Waals surface area (Å²) < 4.78 is 11.0. The highest BCUT2D eigenvalue weighted by Gasteiger charge is 2.30. The van der Waals surface area contributed by atoms with Gasteiger partial charge in [-0.2, -0.15) is 0 Å². The van der Waals surface area contributed by atoms with Gasteiger partial charge < -0.3 is 19.7 Å². The van der Waals surface area contributed by atoms with Crippen molar-refractivity contribution in [1.29, 1.82) is 0 Å². The number of nitrogens with one attached hydrogen (secondary N) is 1. The van der Waals surface area contributed by atoms with Crippen molar-refractivity contribution in [3.8, 4) is 11.5 Å². The number of rotatable bonds is 12. The Bertz CT molecular complexity index is 1330. The third-order valence-corrected chi connectivity index (χ3v) is 6.52. The van der Waals surface area contributed by atoms with E-state index in [9.17, 15) is 9.59 Å². The van der Waals surface area contributed by atoms with E-state index in [1.165, 1.54) is 0 Å². The number of nitrogens with zero attached hydrogens (tertiary/aromatic N) is 1. The lowest BCUT2D eigenvalue weighted by Crippen LogP contribution is -2.51. The average Bonchev–Trinajstić information content (AvgIpc) is 2.98. The lowest BCUT2D eigenvalue weighted by atomic mass is 10.0. The van der Waals surface area contributed by atoms with Crippen molar-refractivity contribution in [3.05, 3.63) is 131 Å². The van der Waals surface area contributed by atoms with Crippen LogP contribution in [0.15, 0.2) is 109 Å². The number of benzene rings is 4. The van der Waals surface area contributed by atoms with Gasteiger partial charge in [0.2, 0.25) is 5.91 Å². The molecule has 0 saturated heterocycles. The minimum atomic E-state index is -0.770. The summed E-state index contributed by atoms with van der Waals surface area (Å²) in [5.74, 6) is 0.775. The Morgan fingerprint density at radius 3 is 2.03 bits per heavy atom. The highest BCUT2D eigenvalue weighted by Crippen LogP contribution is 2.18. The molecule has 4 aromatic rings. The van der Waals surface area contributed by atoms with Crippen LogP contribution in [0.1, 0.15) is 16.7 Å². The van der Waals surface area contributed by atoms with Gasteiger partial charge >= 0.3 is 0 Å². The molecule has 0 bridgehead atoms. The van der Waals surface area contributed by atoms with Crippen LogP contribution in [-0.2, 0) is 29.1 Å². The number of carbonyl (C=O) groups is 2. The van der Waals surface area contributed by atoms with Crippen LogP contribution < -0.4 is 14.8 Å². The van der Waals surface area contributed by atoms with Crippen LogP contribution in [0.5, 0.6) is 11.5 Å². The fraction of sp³-hybridized carbons (Fsp3) is 0.188. The summed E-state index contributed by atoms with van der Waals surface area (Å²) in [5.41, 5.74) is 2.72. The number of halogens is 1. The topological polar surface area (TPSA) is 67.9 Å². The molecule has 0 fully saturated rings. The minimum absolute atomic E-state index is 0.200. The van der Waals surface area contributed by atoms with E-state index < -0.39 is 6.04 Å². The van der Waals surface area contributed by atoms with Crippen LogP contribution in [-0.4, -0.2) is 36.5 Å². The van der Waals surface area contributed by atoms with Crippen molar-refractivity contribution < 1.29 is 19.1 Å². The average molecular weight is 543 g/mol. The third-order valence-electron chi connectivity index (χ3n) is 6.27. The molecule has 0 unspecified atom stereocenters. The Kier molecular flexibility index (Phi) is 9.98. The quantitative estimate of drug-likeness (QED) is 0.250. The Balaban J connectivity index is 1.59. The van der Waals surface area contributed by atoms with E-state index in [1.54, 1.807) is 36.3 Å². The van der Waals surface area contributed by atoms with Crippen LogP contribution in [0.2, 0.25) is 5.02 Å². The largest absolute Gasteiger partial charge is 0.497 e. The van der Waals surface area contributed by atoms with Gasteiger partial charge in [-0.25, -0.2) is 0 Å². The van der Waals surface area contributed by atoms with Gasteiger partial charge in [0.1, 0.15) is 17.5 Å². The summed E-state index contributed by atoms with van der Waals surface area (Å²) in [6.07, 6.45) is 0.347. The van der Waals surface area contributed by atoms with Crippen molar-refractivity contribution >= 4 is 23.4 Å². The van der Waals surface area contributed by atoms with Gasteiger partial charge in [-0.05, 0) is 53.1 Å². The van der Waals surface area contributed by atoms with Gasteiger partial charge in [-0.3, -0.25) is 9.59 Å². The van der Waals surface area contributed by atoms with Crippen LogP contribution >= 0.6 is 11.6 Å². The SMILES string of the molecule is COc1ccc(CNC(=O)[C@@H](Cc2ccccc2)N(Cc2ccc(Cl)cc2)C(=O)COc2ccccc2)cc1. The summed E-state index contributed by atoms with van der Waals surface area (Å²) in [6, 6.07) is 32.8. The van der Waals surface area contributed by atoms with Crippen LogP contribution in [0.3, 0.4) is 0 Å². The Morgan fingerprint density at radius 2 is 1.38 bits per heavy atom. The lowest BCUT2D eigenvalue weighted by Gasteiger charge is -2.31. The van der Waals surface area contributed by atoms with Crippen molar-refractivity contribution in [2.75, 3.05) is 13.7 Å². The summed E-state index contributed by atoms with van der Waals surface area (Å²) in [6.45, 7) is 0.341. The fourth-order valence-corrected chi connectivity index (χ4v) is 4.26. The summed E-state index contributed by atoms with van der Waals surface area (Å²) >= 11 is 6.09. The molecule has 2 amide bonds. The molecule has 6 nitrogen and oxygen atoms in total. The second-order valence-electron chi connectivity index (χ2n) is 9.02. The third kappa shape index (κ3) is 8.35. The van der Waals surface area contributed by atoms with Gasteiger partial charge in [0.15, 0.2) is 6.61 Å². The van der Waals surface area contributed by atoms with Gasteiger partial charge in [-0.1, -0.05) is 84.4 Å². The van der Waals surface area contributed by atoms with E-state index in [0.29, 0.717) is 23.7 Å². The molecule has 39 heavy (non-hydrogen) atoms. The zero-order valence-corrected chi connectivity index (χ0v) is 22.5. The first-order chi connectivity index (χ1) is 19.0. The van der Waals surface area contributed by atoms with Crippen LogP contribution in [0.25, 0.3) is 0 Å². The molecule has 200 valence electrons. The number of methoxy groups -OCH3 is 1. The van der Waals surface area contributed by atoms with E-state index in [-0.39, 0.29) is 25.0 Å². The molecule has 0 heterocycles. The van der Waals surface area contributed by atoms with E-state index in [1.807, 2.05) is 84.9 Å². The predicted octanol–water partition coefficient (Wildman–Crippen LogP) is 5.68. The first-order valence-corrected chi connectivity index (χ1v) is 13.1. The van der Waals surface area contributed by atoms with Crippen LogP contribution in [0, 0.1) is 0 Å². The lowest BCUT2D eigenvalue weighted by molar-refractivity contribution is -0.142. The summed E-state index contributed by atoms with van der Waals surface area (Å²) in [4.78, 5) is 29.0. The number of para-hydroxylation sites is 1. The molecule has 0 spiro atoms. The molecule has 1 N–H and O–H groups in total. The molecule has 4 rings (SSSR count). The van der Waals surface area contributed by atoms with Gasteiger partial charge in [0.05, 0.1) is 7.11 Å². The predicted molar refractivity (Wildman–Crippen MR) is 153 cm³/mol. The maximum atomic E-state index is 13.7. The zero-order valence-electron chi connectivity index (χ0n) is 21.8. The van der Waals surface area contributed by atoms with Crippen molar-refractivity contribution in [2.24, 2.45) is 0 Å². The first kappa shape index (κ1) is 27.7. The van der Waals surface area contributed by atoms with Gasteiger partial charge in [-0.15, -0.1) is 0 Å². The highest BCUT2D eigenvalue weighted by molar-refractivity contribution is 6.30. The molecule has 0 aromatic heterocycles. The first-order valence-electron chi connectivity index (χ1n) is 12.7. The minimum Gasteiger partial charge on any atom is -0.497 e. The maximum absolute atomic E-state index is 13.7. The van der Waals surface area contributed by atoms with Gasteiger partial charge in [0.25, 0.3) is 5.91 Å². The monoisotopic (exact) mass is 542 g/mol. The maximum Gasteiger partial charge on any atom is 0.261 e. The molecular weight excluding hydrogens is 512 g/mol. The van der Waals surface area contributed by atoms with Crippen molar-refractivity contribution in [1.82, 2.24) is 10.2 Å². The Labute approximate surface area is 234 Å². The van der Waals surface area contributed by atoms with E-state index in [0.717, 1.165) is 22.4 Å². The molecule has 0 saturated carbocycles. The van der Waals surface area contributed by atoms with Crippen molar-refractivity contribution in [2.45, 2.75) is 25.6 Å². The molecular formula is C32H31ClN2O4. The Morgan fingerprint density at radius 1 is 0.769 bits per heavy atom. The standard InChI is InChI=1S/C32H31ClN2O4/c1-38-28-18-14-25(15-19-28)21-34-32(37)30(20-24-8-4-2-5-9-24)35(22-26-12-16-27(33)17-13-26)31(36)23-39-29-10-6-3-7-11-29/h2-19,30H,20-23H2,1H3,(H,34,37)/t30-/m1/s1. The molecule has 0 aliphatic heterocycles. The number of hydrogen-bond acceptors (Lipinski definition) is 4. The normalized spacial score (nSPS) is 11.3. The molecule has 0 aliphatic carbocycles. The van der Waals surface area contributed by atoms with E-state index in [4.69, 9.17) is 21.1 Å². The number of ether oxygens (including phenoxy) is 2. The van der Waals surface area contributed by atoms with Gasteiger partial charge in [0, 0.05) is 24.5 Å². The van der Waals surface area contributed by atoms with E-state index >= 15 is 0 Å². The fourth-order valence-electron chi connectivity index (χ4n) is 4.14. The molecule has 7 heteroatoms. The smallest absolute Gasteiger partial charge is 0.261 e. The number of hydrogen-bond donors (Lipinski definition) is 1. The number of carbonyl (C=O) groups excluding carboxylic acids is 2. The van der Waals surface area contributed by atoms with Crippen molar-refractivity contribution in [3.63, 3.8) is 0 Å². The van der Waals surface area contributed by atoms with E-state index in [2.05, 4.69) is 5.32 Å². The second-order valence-corrected chi connectivity index (χ2v) is 9.46. The molecule has 0 radical (unpaired) electrons. The molecule has 0 aliphatic rings. The molecule has 4 aromatic carbocycles. The second kappa shape index (κ2) is 14.0. The summed E-state index contributed by atoms with van der Waals surface area (Å²) in [5, 5.41) is 3.62. The zero-order chi connectivity index (χ0) is 27.5. The highest BCUT2D eigenvalue weighted by atomic mass is 35.5. The summed E-state index contributed by atoms with van der Waals surface area (Å²) in [7, 11) is 1.61.